The van der Waals surface area contributed by atoms with Crippen LogP contribution in [0.25, 0.3) is 0 Å². The molecule has 1 aliphatic carbocycles. The molecule has 5 nitrogen and oxygen atoms in total. The number of nitrogens with zero attached hydrogens (tertiary/aromatic N) is 2. The van der Waals surface area contributed by atoms with Crippen LogP contribution in [0.4, 0.5) is 0 Å². The Morgan fingerprint density at radius 1 is 1.28 bits per heavy atom. The van der Waals surface area contributed by atoms with Gasteiger partial charge in [-0.3, -0.25) is 9.69 Å². The molecule has 0 spiro atoms. The minimum Gasteiger partial charge on any atom is -0.478 e. The van der Waals surface area contributed by atoms with E-state index in [0.717, 1.165) is 19.5 Å². The molecule has 1 aromatic heterocycles. The SMILES string of the molecule is CCOc1ccc(Cl)c(C(=O)N[C@@H]2CCN(C3CCCCCC3)C2)n1. The number of hydrogen-bond acceptors (Lipinski definition) is 4. The van der Waals surface area contributed by atoms with E-state index in [1.54, 1.807) is 12.1 Å². The average molecular weight is 366 g/mol. The monoisotopic (exact) mass is 365 g/mol. The van der Waals surface area contributed by atoms with Crippen molar-refractivity contribution in [1.29, 1.82) is 0 Å². The van der Waals surface area contributed by atoms with Crippen LogP contribution in [0.3, 0.4) is 0 Å². The highest BCUT2D eigenvalue weighted by atomic mass is 35.5. The van der Waals surface area contributed by atoms with Crippen molar-refractivity contribution < 1.29 is 9.53 Å². The first-order valence-corrected chi connectivity index (χ1v) is 9.89. The van der Waals surface area contributed by atoms with Crippen LogP contribution < -0.4 is 10.1 Å². The van der Waals surface area contributed by atoms with Gasteiger partial charge in [0, 0.05) is 31.2 Å². The number of pyridine rings is 1. The molecule has 1 atom stereocenters. The molecule has 0 unspecified atom stereocenters. The standard InChI is InChI=1S/C19H28ClN3O2/c1-2-25-17-10-9-16(20)18(22-17)19(24)21-14-11-12-23(13-14)15-7-5-3-4-6-8-15/h9-10,14-15H,2-8,11-13H2,1H3,(H,21,24)/t14-/m1/s1. The number of likely N-dealkylation sites (tertiary alicyclic amines) is 1. The zero-order chi connectivity index (χ0) is 17.6. The number of aromatic nitrogens is 1. The Morgan fingerprint density at radius 3 is 2.76 bits per heavy atom. The highest BCUT2D eigenvalue weighted by Gasteiger charge is 2.30. The van der Waals surface area contributed by atoms with Gasteiger partial charge < -0.3 is 10.1 Å². The van der Waals surface area contributed by atoms with E-state index >= 15 is 0 Å². The average Bonchev–Trinajstić information content (AvgIpc) is 2.89. The summed E-state index contributed by atoms with van der Waals surface area (Å²) in [7, 11) is 0. The molecule has 1 aromatic rings. The first-order chi connectivity index (χ1) is 12.2. The van der Waals surface area contributed by atoms with Crippen molar-refractivity contribution in [2.24, 2.45) is 0 Å². The van der Waals surface area contributed by atoms with Crippen molar-refractivity contribution in [3.63, 3.8) is 0 Å². The van der Waals surface area contributed by atoms with Gasteiger partial charge in [-0.25, -0.2) is 4.98 Å². The van der Waals surface area contributed by atoms with Crippen molar-refractivity contribution in [3.05, 3.63) is 22.8 Å². The smallest absolute Gasteiger partial charge is 0.271 e. The zero-order valence-corrected chi connectivity index (χ0v) is 15.7. The van der Waals surface area contributed by atoms with Gasteiger partial charge in [-0.2, -0.15) is 0 Å². The summed E-state index contributed by atoms with van der Waals surface area (Å²) in [4.78, 5) is 19.4. The van der Waals surface area contributed by atoms with Crippen molar-refractivity contribution >= 4 is 17.5 Å². The fraction of sp³-hybridized carbons (Fsp3) is 0.684. The fourth-order valence-corrected chi connectivity index (χ4v) is 4.12. The second-order valence-electron chi connectivity index (χ2n) is 7.01. The van der Waals surface area contributed by atoms with Crippen LogP contribution in [-0.2, 0) is 0 Å². The van der Waals surface area contributed by atoms with Crippen LogP contribution >= 0.6 is 11.6 Å². The summed E-state index contributed by atoms with van der Waals surface area (Å²) in [6, 6.07) is 4.21. The molecule has 0 radical (unpaired) electrons. The van der Waals surface area contributed by atoms with Gasteiger partial charge in [0.05, 0.1) is 11.6 Å². The Bertz CT molecular complexity index is 588. The van der Waals surface area contributed by atoms with Gasteiger partial charge in [0.2, 0.25) is 5.88 Å². The zero-order valence-electron chi connectivity index (χ0n) is 15.0. The largest absolute Gasteiger partial charge is 0.478 e. The maximum absolute atomic E-state index is 12.6. The lowest BCUT2D eigenvalue weighted by atomic mass is 10.1. The third-order valence-electron chi connectivity index (χ3n) is 5.22. The minimum absolute atomic E-state index is 0.171. The molecule has 6 heteroatoms. The second kappa shape index (κ2) is 8.86. The van der Waals surface area contributed by atoms with Crippen LogP contribution in [-0.4, -0.2) is 47.6 Å². The van der Waals surface area contributed by atoms with E-state index in [4.69, 9.17) is 16.3 Å². The van der Waals surface area contributed by atoms with Crippen LogP contribution in [0, 0.1) is 0 Å². The summed E-state index contributed by atoms with van der Waals surface area (Å²) < 4.78 is 5.37. The number of hydrogen-bond donors (Lipinski definition) is 1. The highest BCUT2D eigenvalue weighted by molar-refractivity contribution is 6.33. The first kappa shape index (κ1) is 18.5. The molecule has 2 aliphatic rings. The van der Waals surface area contributed by atoms with Gasteiger partial charge in [-0.05, 0) is 32.3 Å². The number of rotatable bonds is 5. The van der Waals surface area contributed by atoms with Gasteiger partial charge in [0.1, 0.15) is 0 Å². The molecule has 0 aromatic carbocycles. The number of ether oxygens (including phenoxy) is 1. The normalized spacial score (nSPS) is 22.6. The number of carbonyl (C=O) groups excluding carboxylic acids is 1. The molecule has 1 saturated heterocycles. The van der Waals surface area contributed by atoms with Crippen molar-refractivity contribution in [2.75, 3.05) is 19.7 Å². The van der Waals surface area contributed by atoms with Gasteiger partial charge in [-0.15, -0.1) is 0 Å². The summed E-state index contributed by atoms with van der Waals surface area (Å²) in [5.41, 5.74) is 0.250. The molecule has 0 bridgehead atoms. The van der Waals surface area contributed by atoms with Crippen LogP contribution in [0.5, 0.6) is 5.88 Å². The van der Waals surface area contributed by atoms with Crippen molar-refractivity contribution in [1.82, 2.24) is 15.2 Å². The van der Waals surface area contributed by atoms with Crippen LogP contribution in [0.1, 0.15) is 62.4 Å². The fourth-order valence-electron chi connectivity index (χ4n) is 3.93. The Hall–Kier alpha value is -1.33. The highest BCUT2D eigenvalue weighted by Crippen LogP contribution is 2.25. The molecule has 3 rings (SSSR count). The van der Waals surface area contributed by atoms with Gasteiger partial charge in [-0.1, -0.05) is 37.3 Å². The number of carbonyl (C=O) groups is 1. The van der Waals surface area contributed by atoms with Crippen molar-refractivity contribution in [2.45, 2.75) is 64.0 Å². The van der Waals surface area contributed by atoms with Crippen LogP contribution in [0.2, 0.25) is 5.02 Å². The molecular formula is C19H28ClN3O2. The Morgan fingerprint density at radius 2 is 2.04 bits per heavy atom. The third-order valence-corrected chi connectivity index (χ3v) is 5.53. The number of amides is 1. The number of nitrogens with one attached hydrogen (secondary N) is 1. The Labute approximate surface area is 155 Å². The lowest BCUT2D eigenvalue weighted by molar-refractivity contribution is 0.0929. The Balaban J connectivity index is 1.57. The molecule has 138 valence electrons. The van der Waals surface area contributed by atoms with E-state index in [0.29, 0.717) is 23.6 Å². The first-order valence-electron chi connectivity index (χ1n) is 9.51. The van der Waals surface area contributed by atoms with Crippen molar-refractivity contribution in [3.8, 4) is 5.88 Å². The molecule has 1 amide bonds. The van der Waals surface area contributed by atoms with Gasteiger partial charge in [0.15, 0.2) is 5.69 Å². The lowest BCUT2D eigenvalue weighted by Gasteiger charge is -2.26. The van der Waals surface area contributed by atoms with E-state index in [9.17, 15) is 4.79 Å². The molecule has 1 aliphatic heterocycles. The van der Waals surface area contributed by atoms with E-state index in [1.807, 2.05) is 6.92 Å². The molecule has 25 heavy (non-hydrogen) atoms. The van der Waals surface area contributed by atoms with E-state index in [-0.39, 0.29) is 17.6 Å². The summed E-state index contributed by atoms with van der Waals surface area (Å²) in [5, 5.41) is 3.47. The molecule has 2 heterocycles. The molecular weight excluding hydrogens is 338 g/mol. The summed E-state index contributed by atoms with van der Waals surface area (Å²) in [6.45, 7) is 4.39. The summed E-state index contributed by atoms with van der Waals surface area (Å²) in [5.74, 6) is 0.225. The molecule has 2 fully saturated rings. The Kier molecular flexibility index (Phi) is 6.54. The summed E-state index contributed by atoms with van der Waals surface area (Å²) in [6.07, 6.45) is 8.99. The third kappa shape index (κ3) is 4.85. The predicted molar refractivity (Wildman–Crippen MR) is 99.4 cm³/mol. The minimum atomic E-state index is -0.209. The second-order valence-corrected chi connectivity index (χ2v) is 7.42. The number of halogens is 1. The van der Waals surface area contributed by atoms with E-state index in [2.05, 4.69) is 15.2 Å². The van der Waals surface area contributed by atoms with Gasteiger partial charge >= 0.3 is 0 Å². The topological polar surface area (TPSA) is 54.5 Å². The maximum atomic E-state index is 12.6. The van der Waals surface area contributed by atoms with Gasteiger partial charge in [0.25, 0.3) is 5.91 Å². The van der Waals surface area contributed by atoms with E-state index < -0.39 is 0 Å². The maximum Gasteiger partial charge on any atom is 0.271 e. The van der Waals surface area contributed by atoms with Crippen LogP contribution in [0.15, 0.2) is 12.1 Å². The van der Waals surface area contributed by atoms with E-state index in [1.165, 1.54) is 38.5 Å². The molecule has 1 N–H and O–H groups in total. The predicted octanol–water partition coefficient (Wildman–Crippen LogP) is 3.66. The quantitative estimate of drug-likeness (QED) is 0.809. The lowest BCUT2D eigenvalue weighted by Crippen LogP contribution is -2.40. The molecule has 1 saturated carbocycles. The summed E-state index contributed by atoms with van der Waals surface area (Å²) >= 11 is 6.16.